The predicted molar refractivity (Wildman–Crippen MR) is 81.5 cm³/mol. The molecule has 0 N–H and O–H groups in total. The number of hydrogen-bond acceptors (Lipinski definition) is 3. The second-order valence-corrected chi connectivity index (χ2v) is 4.76. The van der Waals surface area contributed by atoms with E-state index in [-0.39, 0.29) is 12.5 Å². The average molecular weight is 301 g/mol. The first-order valence-electron chi connectivity index (χ1n) is 6.26. The Morgan fingerprint density at radius 1 is 1.24 bits per heavy atom. The third-order valence-corrected chi connectivity index (χ3v) is 3.19. The van der Waals surface area contributed by atoms with Crippen LogP contribution in [0.25, 0.3) is 0 Å². The Kier molecular flexibility index (Phi) is 4.81. The molecule has 0 atom stereocenters. The van der Waals surface area contributed by atoms with Crippen molar-refractivity contribution in [3.63, 3.8) is 0 Å². The van der Waals surface area contributed by atoms with E-state index in [1.54, 1.807) is 55.6 Å². The normalized spacial score (nSPS) is 9.76. The van der Waals surface area contributed by atoms with Gasteiger partial charge in [-0.1, -0.05) is 23.7 Å². The van der Waals surface area contributed by atoms with Crippen LogP contribution in [0.3, 0.4) is 0 Å². The maximum atomic E-state index is 12.1. The maximum absolute atomic E-state index is 12.1. The summed E-state index contributed by atoms with van der Waals surface area (Å²) in [4.78, 5) is 13.5. The molecule has 2 rings (SSSR count). The van der Waals surface area contributed by atoms with E-state index in [9.17, 15) is 4.79 Å². The highest BCUT2D eigenvalue weighted by Crippen LogP contribution is 2.19. The van der Waals surface area contributed by atoms with Gasteiger partial charge in [0.2, 0.25) is 0 Å². The van der Waals surface area contributed by atoms with Crippen molar-refractivity contribution in [2.75, 3.05) is 18.6 Å². The summed E-state index contributed by atoms with van der Waals surface area (Å²) in [5.41, 5.74) is 1.00. The number of anilines is 1. The lowest BCUT2D eigenvalue weighted by atomic mass is 10.2. The van der Waals surface area contributed by atoms with Crippen LogP contribution in [0.2, 0.25) is 5.02 Å². The molecule has 106 valence electrons. The van der Waals surface area contributed by atoms with Crippen LogP contribution in [0.5, 0.6) is 5.75 Å². The lowest BCUT2D eigenvalue weighted by Crippen LogP contribution is -2.31. The highest BCUT2D eigenvalue weighted by molar-refractivity contribution is 6.30. The first kappa shape index (κ1) is 14.9. The predicted octanol–water partition coefficient (Wildman–Crippen LogP) is 3.25. The number of hydrogen-bond donors (Lipinski definition) is 0. The molecule has 0 unspecified atom stereocenters. The lowest BCUT2D eigenvalue weighted by Gasteiger charge is -2.18. The van der Waals surface area contributed by atoms with Gasteiger partial charge < -0.3 is 9.64 Å². The Morgan fingerprint density at radius 2 is 1.90 bits per heavy atom. The van der Waals surface area contributed by atoms with E-state index in [4.69, 9.17) is 21.6 Å². The Labute approximate surface area is 128 Å². The number of ether oxygens (including phenoxy) is 1. The van der Waals surface area contributed by atoms with E-state index in [1.165, 1.54) is 4.90 Å². The van der Waals surface area contributed by atoms with Gasteiger partial charge in [0.05, 0.1) is 11.3 Å². The van der Waals surface area contributed by atoms with Crippen molar-refractivity contribution in [3.05, 3.63) is 59.1 Å². The third-order valence-electron chi connectivity index (χ3n) is 2.94. The summed E-state index contributed by atoms with van der Waals surface area (Å²) in [6, 6.07) is 15.7. The van der Waals surface area contributed by atoms with E-state index in [0.717, 1.165) is 0 Å². The quantitative estimate of drug-likeness (QED) is 0.871. The zero-order valence-corrected chi connectivity index (χ0v) is 12.2. The molecule has 0 saturated carbocycles. The summed E-state index contributed by atoms with van der Waals surface area (Å²) in [5, 5.41) is 9.66. The maximum Gasteiger partial charge on any atom is 0.264 e. The van der Waals surface area contributed by atoms with E-state index < -0.39 is 0 Å². The number of carbonyl (C=O) groups is 1. The molecule has 0 aliphatic heterocycles. The Bertz CT molecular complexity index is 677. The van der Waals surface area contributed by atoms with Gasteiger partial charge >= 0.3 is 0 Å². The van der Waals surface area contributed by atoms with Crippen LogP contribution < -0.4 is 9.64 Å². The van der Waals surface area contributed by atoms with Gasteiger partial charge in [-0.2, -0.15) is 5.26 Å². The second-order valence-electron chi connectivity index (χ2n) is 4.32. The minimum Gasteiger partial charge on any atom is -0.484 e. The molecule has 0 radical (unpaired) electrons. The molecule has 4 nitrogen and oxygen atoms in total. The van der Waals surface area contributed by atoms with Crippen LogP contribution in [-0.4, -0.2) is 19.6 Å². The van der Waals surface area contributed by atoms with Crippen molar-refractivity contribution in [1.82, 2.24) is 0 Å². The molecule has 0 heterocycles. The van der Waals surface area contributed by atoms with E-state index in [2.05, 4.69) is 6.07 Å². The fourth-order valence-electron chi connectivity index (χ4n) is 1.77. The summed E-state index contributed by atoms with van der Waals surface area (Å²) >= 11 is 5.78. The number of halogens is 1. The number of amides is 1. The molecule has 2 aromatic rings. The first-order valence-corrected chi connectivity index (χ1v) is 6.63. The minimum atomic E-state index is -0.243. The van der Waals surface area contributed by atoms with E-state index in [1.807, 2.05) is 0 Å². The summed E-state index contributed by atoms with van der Waals surface area (Å²) in [5.74, 6) is 0.322. The van der Waals surface area contributed by atoms with Gasteiger partial charge in [-0.25, -0.2) is 0 Å². The summed E-state index contributed by atoms with van der Waals surface area (Å²) in [6.45, 7) is -0.113. The van der Waals surface area contributed by atoms with Gasteiger partial charge in [0.15, 0.2) is 6.61 Å². The molecule has 1 amide bonds. The van der Waals surface area contributed by atoms with Crippen LogP contribution in [0.4, 0.5) is 5.69 Å². The van der Waals surface area contributed by atoms with Crippen LogP contribution in [0, 0.1) is 11.3 Å². The standard InChI is InChI=1S/C16H13ClN2O2/c1-19(15-5-3-2-4-12(15)10-18)16(20)11-21-14-8-6-13(17)7-9-14/h2-9H,11H2,1H3. The number of para-hydroxylation sites is 1. The highest BCUT2D eigenvalue weighted by atomic mass is 35.5. The Balaban J connectivity index is 2.03. The molecule has 21 heavy (non-hydrogen) atoms. The number of nitriles is 1. The summed E-state index contributed by atoms with van der Waals surface area (Å²) in [6.07, 6.45) is 0. The number of rotatable bonds is 4. The molecule has 0 fully saturated rings. The molecule has 0 aliphatic rings. The second kappa shape index (κ2) is 6.78. The molecular weight excluding hydrogens is 288 g/mol. The molecule has 0 aliphatic carbocycles. The zero-order chi connectivity index (χ0) is 15.2. The molecule has 0 aromatic heterocycles. The zero-order valence-electron chi connectivity index (χ0n) is 11.4. The number of nitrogens with zero attached hydrogens (tertiary/aromatic N) is 2. The third kappa shape index (κ3) is 3.74. The van der Waals surface area contributed by atoms with Gasteiger partial charge in [0.25, 0.3) is 5.91 Å². The largest absolute Gasteiger partial charge is 0.484 e. The number of carbonyl (C=O) groups excluding carboxylic acids is 1. The summed E-state index contributed by atoms with van der Waals surface area (Å²) in [7, 11) is 1.61. The Hall–Kier alpha value is -2.51. The van der Waals surface area contributed by atoms with Crippen molar-refractivity contribution < 1.29 is 9.53 Å². The van der Waals surface area contributed by atoms with Crippen molar-refractivity contribution in [2.24, 2.45) is 0 Å². The van der Waals surface area contributed by atoms with Gasteiger partial charge in [0, 0.05) is 12.1 Å². The highest BCUT2D eigenvalue weighted by Gasteiger charge is 2.14. The monoisotopic (exact) mass is 300 g/mol. The topological polar surface area (TPSA) is 53.3 Å². The van der Waals surface area contributed by atoms with Gasteiger partial charge in [-0.05, 0) is 36.4 Å². The fraction of sp³-hybridized carbons (Fsp3) is 0.125. The van der Waals surface area contributed by atoms with Gasteiger partial charge in [0.1, 0.15) is 11.8 Å². The molecular formula is C16H13ClN2O2. The lowest BCUT2D eigenvalue weighted by molar-refractivity contribution is -0.120. The fourth-order valence-corrected chi connectivity index (χ4v) is 1.89. The minimum absolute atomic E-state index is 0.113. The van der Waals surface area contributed by atoms with Crippen molar-refractivity contribution >= 4 is 23.2 Å². The first-order chi connectivity index (χ1) is 10.1. The Morgan fingerprint density at radius 3 is 2.57 bits per heavy atom. The SMILES string of the molecule is CN(C(=O)COc1ccc(Cl)cc1)c1ccccc1C#N. The van der Waals surface area contributed by atoms with Crippen LogP contribution in [0.15, 0.2) is 48.5 Å². The van der Waals surface area contributed by atoms with Crippen LogP contribution >= 0.6 is 11.6 Å². The van der Waals surface area contributed by atoms with E-state index >= 15 is 0 Å². The van der Waals surface area contributed by atoms with Crippen LogP contribution in [0.1, 0.15) is 5.56 Å². The number of benzene rings is 2. The van der Waals surface area contributed by atoms with Crippen molar-refractivity contribution in [1.29, 1.82) is 5.26 Å². The van der Waals surface area contributed by atoms with Gasteiger partial charge in [-0.15, -0.1) is 0 Å². The molecule has 0 spiro atoms. The van der Waals surface area contributed by atoms with Gasteiger partial charge in [-0.3, -0.25) is 4.79 Å². The smallest absolute Gasteiger partial charge is 0.264 e. The van der Waals surface area contributed by atoms with Crippen LogP contribution in [-0.2, 0) is 4.79 Å². The molecule has 2 aromatic carbocycles. The number of likely N-dealkylation sites (N-methyl/N-ethyl adjacent to an activating group) is 1. The molecule has 0 saturated heterocycles. The van der Waals surface area contributed by atoms with Crippen molar-refractivity contribution in [2.45, 2.75) is 0 Å². The van der Waals surface area contributed by atoms with Crippen molar-refractivity contribution in [3.8, 4) is 11.8 Å². The summed E-state index contributed by atoms with van der Waals surface area (Å²) < 4.78 is 5.41. The average Bonchev–Trinajstić information content (AvgIpc) is 2.53. The molecule has 0 bridgehead atoms. The van der Waals surface area contributed by atoms with E-state index in [0.29, 0.717) is 22.0 Å². The molecule has 5 heteroatoms.